The third kappa shape index (κ3) is 5.45. The fourth-order valence-electron chi connectivity index (χ4n) is 0.364. The Kier molecular flexibility index (Phi) is 2.80. The molecule has 0 aromatic heterocycles. The van der Waals surface area contributed by atoms with Crippen molar-refractivity contribution in [3.63, 3.8) is 0 Å². The molecule has 4 N–H and O–H groups in total. The first-order valence-corrected chi connectivity index (χ1v) is 2.43. The first-order valence-electron chi connectivity index (χ1n) is 2.43. The van der Waals surface area contributed by atoms with Crippen molar-refractivity contribution in [2.75, 3.05) is 0 Å². The maximum atomic E-state index is 8.60. The molecular formula is C5H10O4. The Morgan fingerprint density at radius 1 is 1.44 bits per heavy atom. The van der Waals surface area contributed by atoms with E-state index in [4.69, 9.17) is 20.4 Å². The molecular weight excluding hydrogens is 124 g/mol. The molecule has 9 heavy (non-hydrogen) atoms. The normalized spacial score (nSPS) is 15.1. The minimum Gasteiger partial charge on any atom is -0.389 e. The largest absolute Gasteiger partial charge is 0.389 e. The van der Waals surface area contributed by atoms with Gasteiger partial charge in [-0.1, -0.05) is 6.08 Å². The number of rotatable bonds is 3. The Morgan fingerprint density at radius 3 is 2.00 bits per heavy atom. The van der Waals surface area contributed by atoms with Crippen molar-refractivity contribution in [3.05, 3.63) is 12.7 Å². The van der Waals surface area contributed by atoms with Gasteiger partial charge in [0.2, 0.25) is 0 Å². The molecule has 4 nitrogen and oxygen atoms in total. The smallest absolute Gasteiger partial charge is 0.278 e. The third-order valence-corrected chi connectivity index (χ3v) is 0.755. The molecule has 0 fully saturated rings. The van der Waals surface area contributed by atoms with E-state index in [0.717, 1.165) is 6.08 Å². The van der Waals surface area contributed by atoms with E-state index >= 15 is 0 Å². The molecule has 0 saturated carbocycles. The van der Waals surface area contributed by atoms with Crippen LogP contribution >= 0.6 is 0 Å². The van der Waals surface area contributed by atoms with Gasteiger partial charge < -0.3 is 20.4 Å². The van der Waals surface area contributed by atoms with E-state index < -0.39 is 18.5 Å². The Morgan fingerprint density at radius 2 is 1.89 bits per heavy atom. The van der Waals surface area contributed by atoms with E-state index in [2.05, 4.69) is 6.58 Å². The van der Waals surface area contributed by atoms with Crippen LogP contribution in [-0.4, -0.2) is 32.5 Å². The minimum atomic E-state index is -2.80. The summed E-state index contributed by atoms with van der Waals surface area (Å²) in [6.07, 6.45) is -0.543. The quantitative estimate of drug-likeness (QED) is 0.281. The molecule has 0 spiro atoms. The Balaban J connectivity index is 3.59. The van der Waals surface area contributed by atoms with Crippen molar-refractivity contribution in [2.24, 2.45) is 0 Å². The predicted molar refractivity (Wildman–Crippen MR) is 30.2 cm³/mol. The highest BCUT2D eigenvalue weighted by Gasteiger charge is 2.21. The van der Waals surface area contributed by atoms with Gasteiger partial charge in [0.15, 0.2) is 0 Å². The van der Waals surface area contributed by atoms with Gasteiger partial charge in [0.1, 0.15) is 0 Å². The zero-order valence-corrected chi connectivity index (χ0v) is 4.86. The molecule has 4 heteroatoms. The summed E-state index contributed by atoms with van der Waals surface area (Å²) in [7, 11) is 0. The number of aliphatic hydroxyl groups is 4. The maximum Gasteiger partial charge on any atom is 0.278 e. The van der Waals surface area contributed by atoms with Crippen LogP contribution in [0.1, 0.15) is 6.42 Å². The summed E-state index contributed by atoms with van der Waals surface area (Å²) >= 11 is 0. The van der Waals surface area contributed by atoms with Crippen LogP contribution in [0.5, 0.6) is 0 Å². The Hall–Kier alpha value is -0.420. The van der Waals surface area contributed by atoms with Crippen LogP contribution < -0.4 is 0 Å². The summed E-state index contributed by atoms with van der Waals surface area (Å²) in [5.74, 6) is -2.80. The topological polar surface area (TPSA) is 80.9 Å². The number of hydrogen-bond donors (Lipinski definition) is 4. The van der Waals surface area contributed by atoms with Crippen LogP contribution in [0.4, 0.5) is 0 Å². The highest BCUT2D eigenvalue weighted by Crippen LogP contribution is 2.04. The predicted octanol–water partition coefficient (Wildman–Crippen LogP) is -1.45. The number of hydrogen-bond acceptors (Lipinski definition) is 4. The molecule has 0 aliphatic rings. The van der Waals surface area contributed by atoms with Gasteiger partial charge in [0, 0.05) is 0 Å². The molecule has 0 saturated heterocycles. The molecule has 0 bridgehead atoms. The average molecular weight is 134 g/mol. The summed E-state index contributed by atoms with van der Waals surface area (Å²) in [4.78, 5) is 0. The first-order chi connectivity index (χ1) is 3.95. The maximum absolute atomic E-state index is 8.60. The van der Waals surface area contributed by atoms with Gasteiger partial charge >= 0.3 is 0 Å². The molecule has 1 atom stereocenters. The fourth-order valence-corrected chi connectivity index (χ4v) is 0.364. The average Bonchev–Trinajstić information content (AvgIpc) is 1.62. The van der Waals surface area contributed by atoms with Crippen LogP contribution in [0.2, 0.25) is 0 Å². The highest BCUT2D eigenvalue weighted by atomic mass is 16.7. The molecule has 0 rings (SSSR count). The van der Waals surface area contributed by atoms with Gasteiger partial charge in [-0.25, -0.2) is 0 Å². The molecule has 0 aromatic carbocycles. The van der Waals surface area contributed by atoms with Crippen LogP contribution in [-0.2, 0) is 0 Å². The second-order valence-electron chi connectivity index (χ2n) is 1.78. The van der Waals surface area contributed by atoms with E-state index in [1.807, 2.05) is 0 Å². The van der Waals surface area contributed by atoms with Crippen molar-refractivity contribution >= 4 is 0 Å². The van der Waals surface area contributed by atoms with E-state index in [1.165, 1.54) is 0 Å². The van der Waals surface area contributed by atoms with Gasteiger partial charge in [0.25, 0.3) is 5.97 Å². The van der Waals surface area contributed by atoms with E-state index in [1.54, 1.807) is 0 Å². The second-order valence-corrected chi connectivity index (χ2v) is 1.78. The summed E-state index contributed by atoms with van der Waals surface area (Å²) in [5.41, 5.74) is 0. The van der Waals surface area contributed by atoms with Crippen LogP contribution in [0, 0.1) is 0 Å². The van der Waals surface area contributed by atoms with Crippen molar-refractivity contribution < 1.29 is 20.4 Å². The molecule has 54 valence electrons. The fraction of sp³-hybridized carbons (Fsp3) is 0.600. The lowest BCUT2D eigenvalue weighted by molar-refractivity contribution is -0.320. The zero-order chi connectivity index (χ0) is 7.49. The molecule has 0 heterocycles. The van der Waals surface area contributed by atoms with E-state index in [9.17, 15) is 0 Å². The molecule has 0 radical (unpaired) electrons. The first kappa shape index (κ1) is 8.58. The van der Waals surface area contributed by atoms with E-state index in [0.29, 0.717) is 0 Å². The van der Waals surface area contributed by atoms with Gasteiger partial charge in [-0.05, 0) is 0 Å². The summed E-state index contributed by atoms with van der Waals surface area (Å²) in [6, 6.07) is 0. The van der Waals surface area contributed by atoms with Crippen molar-refractivity contribution in [1.82, 2.24) is 0 Å². The van der Waals surface area contributed by atoms with Gasteiger partial charge in [-0.3, -0.25) is 0 Å². The van der Waals surface area contributed by atoms with Gasteiger partial charge in [-0.2, -0.15) is 0 Å². The molecule has 0 aromatic rings. The van der Waals surface area contributed by atoms with E-state index in [-0.39, 0.29) is 0 Å². The van der Waals surface area contributed by atoms with Crippen LogP contribution in [0.25, 0.3) is 0 Å². The zero-order valence-electron chi connectivity index (χ0n) is 4.86. The monoisotopic (exact) mass is 134 g/mol. The lowest BCUT2D eigenvalue weighted by atomic mass is 10.2. The number of aliphatic hydroxyl groups excluding tert-OH is 1. The highest BCUT2D eigenvalue weighted by molar-refractivity contribution is 4.79. The third-order valence-electron chi connectivity index (χ3n) is 0.755. The van der Waals surface area contributed by atoms with Crippen molar-refractivity contribution in [2.45, 2.75) is 18.5 Å². The van der Waals surface area contributed by atoms with Crippen molar-refractivity contribution in [3.8, 4) is 0 Å². The van der Waals surface area contributed by atoms with Crippen LogP contribution in [0.3, 0.4) is 0 Å². The summed E-state index contributed by atoms with van der Waals surface area (Å²) < 4.78 is 0. The lowest BCUT2D eigenvalue weighted by Crippen LogP contribution is -2.31. The second kappa shape index (κ2) is 2.93. The van der Waals surface area contributed by atoms with Crippen molar-refractivity contribution in [1.29, 1.82) is 0 Å². The Bertz CT molecular complexity index is 93.6. The summed E-state index contributed by atoms with van der Waals surface area (Å²) in [6.45, 7) is 3.16. The molecule has 0 aliphatic carbocycles. The standard InChI is InChI=1S/C5H10O4/c1-2-4(6)3-5(7,8)9/h2,4,6-9H,1,3H2. The van der Waals surface area contributed by atoms with Gasteiger partial charge in [0.05, 0.1) is 12.5 Å². The summed E-state index contributed by atoms with van der Waals surface area (Å²) in [5, 5.41) is 33.3. The minimum absolute atomic E-state index is 0.545. The molecule has 1 unspecified atom stereocenters. The Labute approximate surface area is 52.7 Å². The lowest BCUT2D eigenvalue weighted by Gasteiger charge is -2.15. The van der Waals surface area contributed by atoms with Gasteiger partial charge in [-0.15, -0.1) is 6.58 Å². The molecule has 0 aliphatic heterocycles. The SMILES string of the molecule is C=CC(O)CC(O)(O)O. The van der Waals surface area contributed by atoms with Crippen LogP contribution in [0.15, 0.2) is 12.7 Å². The molecule has 0 amide bonds.